The Hall–Kier alpha value is -3.98. The first-order valence-electron chi connectivity index (χ1n) is 11.7. The molecule has 3 heterocycles. The Kier molecular flexibility index (Phi) is 6.09. The molecule has 0 atom stereocenters. The molecule has 9 heteroatoms. The van der Waals surface area contributed by atoms with Gasteiger partial charge in [-0.05, 0) is 55.2 Å². The van der Waals surface area contributed by atoms with Crippen molar-refractivity contribution in [2.75, 3.05) is 11.9 Å². The van der Waals surface area contributed by atoms with E-state index in [1.807, 2.05) is 38.1 Å². The Labute approximate surface area is 211 Å². The summed E-state index contributed by atoms with van der Waals surface area (Å²) in [4.78, 5) is 55.6. The lowest BCUT2D eigenvalue weighted by Gasteiger charge is -2.25. The largest absolute Gasteiger partial charge is 0.337 e. The van der Waals surface area contributed by atoms with Crippen molar-refractivity contribution in [2.45, 2.75) is 40.3 Å². The summed E-state index contributed by atoms with van der Waals surface area (Å²) in [5, 5.41) is 3.36. The summed E-state index contributed by atoms with van der Waals surface area (Å²) in [5.74, 6) is -0.396. The Morgan fingerprint density at radius 2 is 1.81 bits per heavy atom. The second kappa shape index (κ2) is 9.23. The average molecular weight is 503 g/mol. The lowest BCUT2D eigenvalue weighted by Crippen LogP contribution is -2.41. The third-order valence-electron chi connectivity index (χ3n) is 6.55. The molecule has 1 aliphatic rings. The van der Waals surface area contributed by atoms with Gasteiger partial charge in [0.1, 0.15) is 11.4 Å². The van der Waals surface area contributed by atoms with Crippen LogP contribution in [-0.4, -0.2) is 32.4 Å². The van der Waals surface area contributed by atoms with Gasteiger partial charge in [0.25, 0.3) is 5.56 Å². The fraction of sp³-hybridized carbons (Fsp3) is 0.259. The highest BCUT2D eigenvalue weighted by Gasteiger charge is 2.28. The van der Waals surface area contributed by atoms with Crippen LogP contribution in [0.5, 0.6) is 0 Å². The molecule has 184 valence electrons. The molecule has 0 saturated heterocycles. The van der Waals surface area contributed by atoms with Gasteiger partial charge in [-0.2, -0.15) is 0 Å². The van der Waals surface area contributed by atoms with Crippen LogP contribution < -0.4 is 16.6 Å². The number of hydrogen-bond acceptors (Lipinski definition) is 5. The van der Waals surface area contributed by atoms with E-state index in [0.29, 0.717) is 41.1 Å². The van der Waals surface area contributed by atoms with E-state index in [4.69, 9.17) is 0 Å². The molecule has 8 nitrogen and oxygen atoms in total. The third-order valence-corrected chi connectivity index (χ3v) is 7.79. The Balaban J connectivity index is 1.67. The number of aromatic nitrogens is 2. The molecule has 0 fully saturated rings. The van der Waals surface area contributed by atoms with Crippen molar-refractivity contribution in [2.24, 2.45) is 0 Å². The standard InChI is InChI=1S/C27H26N4O4S/c1-16-9-10-17(2)21(13-16)28-23(33)15-30-26-24(20-11-12-29(18(3)32)14-22(20)36-26)25(34)31(27(30)35)19-7-5-4-6-8-19/h4-10,13H,11-12,14-15H2,1-3H3,(H,28,33). The smallest absolute Gasteiger partial charge is 0.337 e. The van der Waals surface area contributed by atoms with Crippen molar-refractivity contribution in [3.63, 3.8) is 0 Å². The summed E-state index contributed by atoms with van der Waals surface area (Å²) in [6.45, 7) is 6.02. The van der Waals surface area contributed by atoms with Crippen LogP contribution in [0.1, 0.15) is 28.5 Å². The normalized spacial score (nSPS) is 13.0. The summed E-state index contributed by atoms with van der Waals surface area (Å²) in [7, 11) is 0. The molecule has 0 spiro atoms. The minimum atomic E-state index is -0.572. The van der Waals surface area contributed by atoms with E-state index in [2.05, 4.69) is 5.32 Å². The average Bonchev–Trinajstić information content (AvgIpc) is 3.24. The van der Waals surface area contributed by atoms with Crippen LogP contribution in [0.4, 0.5) is 5.69 Å². The van der Waals surface area contributed by atoms with E-state index in [9.17, 15) is 19.2 Å². The van der Waals surface area contributed by atoms with Crippen LogP contribution >= 0.6 is 11.3 Å². The van der Waals surface area contributed by atoms with Crippen molar-refractivity contribution < 1.29 is 9.59 Å². The predicted molar refractivity (Wildman–Crippen MR) is 141 cm³/mol. The van der Waals surface area contributed by atoms with Crippen molar-refractivity contribution in [3.05, 3.63) is 90.9 Å². The van der Waals surface area contributed by atoms with Gasteiger partial charge in [-0.3, -0.25) is 19.0 Å². The van der Waals surface area contributed by atoms with Gasteiger partial charge in [0.05, 0.1) is 17.6 Å². The number of nitrogens with zero attached hydrogens (tertiary/aromatic N) is 3. The van der Waals surface area contributed by atoms with Crippen molar-refractivity contribution in [1.82, 2.24) is 14.0 Å². The molecule has 1 aliphatic heterocycles. The summed E-state index contributed by atoms with van der Waals surface area (Å²) >= 11 is 1.31. The highest BCUT2D eigenvalue weighted by Crippen LogP contribution is 2.33. The molecule has 36 heavy (non-hydrogen) atoms. The maximum Gasteiger partial charge on any atom is 0.337 e. The zero-order valence-electron chi connectivity index (χ0n) is 20.3. The first-order valence-corrected chi connectivity index (χ1v) is 12.5. The number of anilines is 1. The van der Waals surface area contributed by atoms with E-state index in [-0.39, 0.29) is 18.4 Å². The molecule has 2 aromatic carbocycles. The van der Waals surface area contributed by atoms with Crippen LogP contribution in [0, 0.1) is 13.8 Å². The molecule has 0 aliphatic carbocycles. The van der Waals surface area contributed by atoms with Gasteiger partial charge >= 0.3 is 5.69 Å². The number of fused-ring (bicyclic) bond motifs is 3. The number of thiophene rings is 1. The molecule has 0 radical (unpaired) electrons. The SMILES string of the molecule is CC(=O)N1CCc2c(sc3c2c(=O)n(-c2ccccc2)c(=O)n3CC(=O)Nc2cc(C)ccc2C)C1. The van der Waals surface area contributed by atoms with Crippen molar-refractivity contribution in [1.29, 1.82) is 0 Å². The van der Waals surface area contributed by atoms with E-state index >= 15 is 0 Å². The molecule has 2 amide bonds. The lowest BCUT2D eigenvalue weighted by atomic mass is 10.1. The summed E-state index contributed by atoms with van der Waals surface area (Å²) in [6, 6.07) is 14.5. The van der Waals surface area contributed by atoms with Crippen LogP contribution in [0.2, 0.25) is 0 Å². The number of hydrogen-bond donors (Lipinski definition) is 1. The third kappa shape index (κ3) is 4.15. The van der Waals surface area contributed by atoms with Gasteiger partial charge in [-0.25, -0.2) is 9.36 Å². The van der Waals surface area contributed by atoms with Gasteiger partial charge in [0.2, 0.25) is 11.8 Å². The van der Waals surface area contributed by atoms with E-state index < -0.39 is 11.2 Å². The second-order valence-corrected chi connectivity index (χ2v) is 10.2. The molecule has 0 saturated carbocycles. The lowest BCUT2D eigenvalue weighted by molar-refractivity contribution is -0.129. The minimum absolute atomic E-state index is 0.0369. The van der Waals surface area contributed by atoms with E-state index in [1.54, 1.807) is 29.2 Å². The number of benzene rings is 2. The topological polar surface area (TPSA) is 93.4 Å². The number of para-hydroxylation sites is 1. The fourth-order valence-electron chi connectivity index (χ4n) is 4.62. The van der Waals surface area contributed by atoms with Gasteiger partial charge < -0.3 is 10.2 Å². The number of nitrogens with one attached hydrogen (secondary N) is 1. The summed E-state index contributed by atoms with van der Waals surface area (Å²) in [6.07, 6.45) is 0.520. The first-order chi connectivity index (χ1) is 17.2. The zero-order chi connectivity index (χ0) is 25.6. The van der Waals surface area contributed by atoms with Gasteiger partial charge in [-0.15, -0.1) is 11.3 Å². The number of carbonyl (C=O) groups is 2. The van der Waals surface area contributed by atoms with Gasteiger partial charge in [0.15, 0.2) is 0 Å². The highest BCUT2D eigenvalue weighted by atomic mass is 32.1. The molecular weight excluding hydrogens is 476 g/mol. The van der Waals surface area contributed by atoms with Gasteiger partial charge in [-0.1, -0.05) is 30.3 Å². The molecule has 5 rings (SSSR count). The second-order valence-electron chi connectivity index (χ2n) is 9.09. The molecule has 0 unspecified atom stereocenters. The Morgan fingerprint density at radius 3 is 2.53 bits per heavy atom. The number of amides is 2. The van der Waals surface area contributed by atoms with Crippen LogP contribution in [0.15, 0.2) is 58.1 Å². The Morgan fingerprint density at radius 1 is 1.06 bits per heavy atom. The monoisotopic (exact) mass is 502 g/mol. The Bertz CT molecular complexity index is 1630. The van der Waals surface area contributed by atoms with Crippen LogP contribution in [-0.2, 0) is 29.1 Å². The first kappa shape index (κ1) is 23.7. The maximum absolute atomic E-state index is 13.7. The number of rotatable bonds is 4. The van der Waals surface area contributed by atoms with Crippen LogP contribution in [0.25, 0.3) is 15.9 Å². The van der Waals surface area contributed by atoms with Crippen LogP contribution in [0.3, 0.4) is 0 Å². The molecule has 2 aromatic heterocycles. The van der Waals surface area contributed by atoms with Gasteiger partial charge in [0, 0.05) is 24.0 Å². The quantitative estimate of drug-likeness (QED) is 0.463. The zero-order valence-corrected chi connectivity index (χ0v) is 21.1. The van der Waals surface area contributed by atoms with Crippen molar-refractivity contribution in [3.8, 4) is 5.69 Å². The summed E-state index contributed by atoms with van der Waals surface area (Å²) in [5.41, 5.74) is 2.93. The maximum atomic E-state index is 13.7. The fourth-order valence-corrected chi connectivity index (χ4v) is 5.97. The molecule has 4 aromatic rings. The highest BCUT2D eigenvalue weighted by molar-refractivity contribution is 7.18. The molecule has 0 bridgehead atoms. The van der Waals surface area contributed by atoms with E-state index in [1.165, 1.54) is 22.8 Å². The molecular formula is C27H26N4O4S. The number of aryl methyl sites for hydroxylation is 2. The number of carbonyl (C=O) groups excluding carboxylic acids is 2. The summed E-state index contributed by atoms with van der Waals surface area (Å²) < 4.78 is 2.52. The minimum Gasteiger partial charge on any atom is -0.337 e. The predicted octanol–water partition coefficient (Wildman–Crippen LogP) is 3.37. The molecule has 1 N–H and O–H groups in total. The van der Waals surface area contributed by atoms with E-state index in [0.717, 1.165) is 26.1 Å². The van der Waals surface area contributed by atoms with Crippen molar-refractivity contribution >= 4 is 39.1 Å².